The summed E-state index contributed by atoms with van der Waals surface area (Å²) in [5.74, 6) is 1.96. The van der Waals surface area contributed by atoms with Gasteiger partial charge in [0.15, 0.2) is 0 Å². The summed E-state index contributed by atoms with van der Waals surface area (Å²) in [6.45, 7) is 5.42. The molecule has 4 rings (SSSR count). The highest BCUT2D eigenvalue weighted by atomic mass is 16.5. The van der Waals surface area contributed by atoms with Crippen LogP contribution in [0.2, 0.25) is 0 Å². The highest BCUT2D eigenvalue weighted by molar-refractivity contribution is 5.79. The van der Waals surface area contributed by atoms with Gasteiger partial charge in [-0.3, -0.25) is 4.79 Å². The van der Waals surface area contributed by atoms with Crippen LogP contribution in [0.1, 0.15) is 38.5 Å². The molecular formula is C20H26N4O2. The van der Waals surface area contributed by atoms with Gasteiger partial charge in [-0.15, -0.1) is 0 Å². The fourth-order valence-corrected chi connectivity index (χ4v) is 3.95. The first-order valence-electron chi connectivity index (χ1n) is 9.71. The number of benzene rings is 1. The number of hydrogen-bond acceptors (Lipinski definition) is 5. The summed E-state index contributed by atoms with van der Waals surface area (Å²) in [5.41, 5.74) is 2.15. The van der Waals surface area contributed by atoms with E-state index in [1.807, 2.05) is 19.1 Å². The number of anilines is 1. The van der Waals surface area contributed by atoms with Gasteiger partial charge in [-0.2, -0.15) is 4.98 Å². The minimum Gasteiger partial charge on any atom is -0.368 e. The van der Waals surface area contributed by atoms with Gasteiger partial charge >= 0.3 is 0 Å². The van der Waals surface area contributed by atoms with Crippen molar-refractivity contribution in [1.82, 2.24) is 15.0 Å². The molecule has 0 N–H and O–H groups in total. The second kappa shape index (κ2) is 7.48. The van der Waals surface area contributed by atoms with Crippen LogP contribution >= 0.6 is 0 Å². The number of piperazine rings is 1. The lowest BCUT2D eigenvalue weighted by Gasteiger charge is -2.37. The number of carbonyl (C=O) groups excluding carboxylic acids is 1. The van der Waals surface area contributed by atoms with E-state index in [0.29, 0.717) is 17.6 Å². The first-order valence-corrected chi connectivity index (χ1v) is 9.71. The van der Waals surface area contributed by atoms with Gasteiger partial charge in [-0.1, -0.05) is 24.9 Å². The molecule has 1 amide bonds. The number of nitrogens with zero attached hydrogens (tertiary/aromatic N) is 4. The van der Waals surface area contributed by atoms with Gasteiger partial charge in [0.05, 0.1) is 0 Å². The van der Waals surface area contributed by atoms with Gasteiger partial charge in [0.2, 0.25) is 17.6 Å². The van der Waals surface area contributed by atoms with Gasteiger partial charge in [0, 0.05) is 49.8 Å². The molecule has 1 aromatic carbocycles. The molecule has 138 valence electrons. The number of carbonyl (C=O) groups is 1. The lowest BCUT2D eigenvalue weighted by Crippen LogP contribution is -2.50. The van der Waals surface area contributed by atoms with Crippen LogP contribution in [0.5, 0.6) is 0 Å². The van der Waals surface area contributed by atoms with Crippen molar-refractivity contribution < 1.29 is 9.32 Å². The summed E-state index contributed by atoms with van der Waals surface area (Å²) in [4.78, 5) is 21.3. The second-order valence-corrected chi connectivity index (χ2v) is 7.21. The molecule has 2 heterocycles. The van der Waals surface area contributed by atoms with Crippen molar-refractivity contribution in [2.75, 3.05) is 31.1 Å². The van der Waals surface area contributed by atoms with E-state index in [-0.39, 0.29) is 5.92 Å². The third-order valence-electron chi connectivity index (χ3n) is 5.56. The third-order valence-corrected chi connectivity index (χ3v) is 5.56. The van der Waals surface area contributed by atoms with Crippen LogP contribution in [0.3, 0.4) is 0 Å². The summed E-state index contributed by atoms with van der Waals surface area (Å²) in [6.07, 6.45) is 5.33. The quantitative estimate of drug-likeness (QED) is 0.844. The average Bonchev–Trinajstić information content (AvgIpc) is 3.40. The molecule has 1 saturated heterocycles. The van der Waals surface area contributed by atoms with Crippen LogP contribution < -0.4 is 4.90 Å². The highest BCUT2D eigenvalue weighted by Crippen LogP contribution is 2.28. The average molecular weight is 354 g/mol. The molecule has 2 fully saturated rings. The van der Waals surface area contributed by atoms with Crippen molar-refractivity contribution in [2.45, 2.75) is 39.0 Å². The summed E-state index contributed by atoms with van der Waals surface area (Å²) in [6, 6.07) is 8.28. The van der Waals surface area contributed by atoms with E-state index in [4.69, 9.17) is 4.52 Å². The van der Waals surface area contributed by atoms with E-state index >= 15 is 0 Å². The Morgan fingerprint density at radius 1 is 1.12 bits per heavy atom. The Kier molecular flexibility index (Phi) is 4.91. The van der Waals surface area contributed by atoms with Gasteiger partial charge < -0.3 is 14.3 Å². The molecule has 0 bridgehead atoms. The Balaban J connectivity index is 1.36. The third kappa shape index (κ3) is 3.45. The SMILES string of the molecule is CCc1nc(-c2ccc(N3CCN(C(=O)C4CCCC4)CC3)cc2)no1. The molecule has 26 heavy (non-hydrogen) atoms. The number of aromatic nitrogens is 2. The zero-order valence-electron chi connectivity index (χ0n) is 15.4. The first kappa shape index (κ1) is 17.1. The molecule has 1 aliphatic heterocycles. The number of rotatable bonds is 4. The monoisotopic (exact) mass is 354 g/mol. The summed E-state index contributed by atoms with van der Waals surface area (Å²) in [5, 5.41) is 4.02. The van der Waals surface area contributed by atoms with Crippen LogP contribution in [0.25, 0.3) is 11.4 Å². The second-order valence-electron chi connectivity index (χ2n) is 7.21. The Labute approximate surface area is 154 Å². The summed E-state index contributed by atoms with van der Waals surface area (Å²) in [7, 11) is 0. The van der Waals surface area contributed by atoms with Crippen LogP contribution in [-0.2, 0) is 11.2 Å². The minimum atomic E-state index is 0.281. The lowest BCUT2D eigenvalue weighted by atomic mass is 10.1. The number of amides is 1. The van der Waals surface area contributed by atoms with Crippen LogP contribution in [0.15, 0.2) is 28.8 Å². The van der Waals surface area contributed by atoms with Crippen molar-refractivity contribution in [1.29, 1.82) is 0 Å². The van der Waals surface area contributed by atoms with Crippen molar-refractivity contribution in [2.24, 2.45) is 5.92 Å². The Morgan fingerprint density at radius 3 is 2.42 bits per heavy atom. The van der Waals surface area contributed by atoms with Gasteiger partial charge in [-0.05, 0) is 37.1 Å². The van der Waals surface area contributed by atoms with Crippen molar-refractivity contribution >= 4 is 11.6 Å². The molecule has 2 aliphatic rings. The van der Waals surface area contributed by atoms with Crippen LogP contribution in [0.4, 0.5) is 5.69 Å². The zero-order chi connectivity index (χ0) is 17.9. The maximum atomic E-state index is 12.6. The maximum absolute atomic E-state index is 12.6. The standard InChI is InChI=1S/C20H26N4O2/c1-2-18-21-19(22-26-18)15-7-9-17(10-8-15)23-11-13-24(14-12-23)20(25)16-5-3-4-6-16/h7-10,16H,2-6,11-14H2,1H3. The molecule has 1 aliphatic carbocycles. The zero-order valence-corrected chi connectivity index (χ0v) is 15.4. The predicted molar refractivity (Wildman–Crippen MR) is 99.9 cm³/mol. The topological polar surface area (TPSA) is 62.5 Å². The van der Waals surface area contributed by atoms with Crippen LogP contribution in [0, 0.1) is 5.92 Å². The normalized spacial score (nSPS) is 18.5. The number of hydrogen-bond donors (Lipinski definition) is 0. The smallest absolute Gasteiger partial charge is 0.226 e. The van der Waals surface area contributed by atoms with Crippen molar-refractivity contribution in [3.8, 4) is 11.4 Å². The fourth-order valence-electron chi connectivity index (χ4n) is 3.95. The maximum Gasteiger partial charge on any atom is 0.226 e. The molecule has 0 unspecified atom stereocenters. The lowest BCUT2D eigenvalue weighted by molar-refractivity contribution is -0.135. The molecule has 1 saturated carbocycles. The van der Waals surface area contributed by atoms with Gasteiger partial charge in [0.1, 0.15) is 0 Å². The molecule has 1 aromatic heterocycles. The summed E-state index contributed by atoms with van der Waals surface area (Å²) < 4.78 is 5.18. The largest absolute Gasteiger partial charge is 0.368 e. The molecular weight excluding hydrogens is 328 g/mol. The van der Waals surface area contributed by atoms with E-state index in [9.17, 15) is 4.79 Å². The number of aryl methyl sites for hydroxylation is 1. The Hall–Kier alpha value is -2.37. The Morgan fingerprint density at radius 2 is 1.81 bits per heavy atom. The van der Waals surface area contributed by atoms with E-state index < -0.39 is 0 Å². The van der Waals surface area contributed by atoms with Crippen molar-refractivity contribution in [3.63, 3.8) is 0 Å². The van der Waals surface area contributed by atoms with E-state index in [1.54, 1.807) is 0 Å². The molecule has 0 spiro atoms. The van der Waals surface area contributed by atoms with E-state index in [2.05, 4.69) is 32.1 Å². The molecule has 2 aromatic rings. The van der Waals surface area contributed by atoms with Crippen molar-refractivity contribution in [3.05, 3.63) is 30.2 Å². The highest BCUT2D eigenvalue weighted by Gasteiger charge is 2.29. The summed E-state index contributed by atoms with van der Waals surface area (Å²) >= 11 is 0. The Bertz CT molecular complexity index is 741. The minimum absolute atomic E-state index is 0.281. The predicted octanol–water partition coefficient (Wildman–Crippen LogP) is 3.14. The van der Waals surface area contributed by atoms with Crippen LogP contribution in [-0.4, -0.2) is 47.1 Å². The van der Waals surface area contributed by atoms with E-state index in [0.717, 1.165) is 51.0 Å². The molecule has 0 radical (unpaired) electrons. The van der Waals surface area contributed by atoms with Gasteiger partial charge in [-0.25, -0.2) is 0 Å². The van der Waals surface area contributed by atoms with Gasteiger partial charge in [0.25, 0.3) is 0 Å². The molecule has 0 atom stereocenters. The first-order chi connectivity index (χ1) is 12.7. The molecule has 6 heteroatoms. The van der Waals surface area contributed by atoms with E-state index in [1.165, 1.54) is 18.5 Å². The molecule has 6 nitrogen and oxygen atoms in total. The fraction of sp³-hybridized carbons (Fsp3) is 0.550.